The van der Waals surface area contributed by atoms with Crippen LogP contribution in [0.1, 0.15) is 51.4 Å². The van der Waals surface area contributed by atoms with Crippen molar-refractivity contribution in [1.29, 1.82) is 0 Å². The molecule has 2 heteroatoms. The van der Waals surface area contributed by atoms with Gasteiger partial charge in [-0.3, -0.25) is 0 Å². The highest BCUT2D eigenvalue weighted by Gasteiger charge is 2.13. The quantitative estimate of drug-likeness (QED) is 0.532. The van der Waals surface area contributed by atoms with Crippen molar-refractivity contribution in [2.75, 3.05) is 18.1 Å². The smallest absolute Gasteiger partial charge is 0.0875 e. The summed E-state index contributed by atoms with van der Waals surface area (Å²) in [6.07, 6.45) is 12.9. The normalized spacial score (nSPS) is 23.1. The molecule has 1 saturated carbocycles. The Morgan fingerprint density at radius 2 is 1.88 bits per heavy atom. The highest BCUT2D eigenvalue weighted by atomic mass is 32.2. The molecule has 16 heavy (non-hydrogen) atoms. The zero-order chi connectivity index (χ0) is 11.1. The summed E-state index contributed by atoms with van der Waals surface area (Å²) in [6, 6.07) is 0. The van der Waals surface area contributed by atoms with Crippen molar-refractivity contribution in [3.05, 3.63) is 11.8 Å². The molecule has 0 spiro atoms. The second-order valence-corrected chi connectivity index (χ2v) is 6.28. The second-order valence-electron chi connectivity index (χ2n) is 5.05. The predicted octanol–water partition coefficient (Wildman–Crippen LogP) is 4.38. The summed E-state index contributed by atoms with van der Waals surface area (Å²) in [5, 5.41) is 0. The van der Waals surface area contributed by atoms with Gasteiger partial charge in [0.05, 0.1) is 12.9 Å². The Bertz CT molecular complexity index is 211. The average Bonchev–Trinajstić information content (AvgIpc) is 2.37. The number of rotatable bonds is 4. The van der Waals surface area contributed by atoms with Crippen LogP contribution in [0.15, 0.2) is 11.8 Å². The van der Waals surface area contributed by atoms with Crippen LogP contribution in [-0.4, -0.2) is 18.1 Å². The molecule has 0 aromatic carbocycles. The van der Waals surface area contributed by atoms with E-state index in [0.29, 0.717) is 0 Å². The SMILES string of the molecule is C(OCCC1CCSCC1)=C1CCCCC1. The van der Waals surface area contributed by atoms with Crippen LogP contribution in [-0.2, 0) is 4.74 Å². The Hall–Kier alpha value is -0.110. The molecule has 0 atom stereocenters. The molecule has 0 amide bonds. The molecule has 2 rings (SSSR count). The van der Waals surface area contributed by atoms with Crippen LogP contribution in [0.4, 0.5) is 0 Å². The zero-order valence-electron chi connectivity index (χ0n) is 10.2. The molecule has 1 aliphatic heterocycles. The van der Waals surface area contributed by atoms with Crippen molar-refractivity contribution < 1.29 is 4.74 Å². The predicted molar refractivity (Wildman–Crippen MR) is 71.8 cm³/mol. The van der Waals surface area contributed by atoms with E-state index in [1.807, 2.05) is 0 Å². The Labute approximate surface area is 104 Å². The lowest BCUT2D eigenvalue weighted by molar-refractivity contribution is 0.213. The molecule has 0 N–H and O–H groups in total. The molecule has 0 aromatic rings. The number of hydrogen-bond acceptors (Lipinski definition) is 2. The van der Waals surface area contributed by atoms with Gasteiger partial charge >= 0.3 is 0 Å². The van der Waals surface area contributed by atoms with Gasteiger partial charge in [0.25, 0.3) is 0 Å². The van der Waals surface area contributed by atoms with Crippen LogP contribution in [0, 0.1) is 5.92 Å². The lowest BCUT2D eigenvalue weighted by Gasteiger charge is -2.21. The molecule has 0 radical (unpaired) electrons. The fourth-order valence-electron chi connectivity index (χ4n) is 2.57. The van der Waals surface area contributed by atoms with Gasteiger partial charge in [-0.15, -0.1) is 0 Å². The van der Waals surface area contributed by atoms with Crippen LogP contribution in [0.2, 0.25) is 0 Å². The van der Waals surface area contributed by atoms with E-state index >= 15 is 0 Å². The molecule has 1 nitrogen and oxygen atoms in total. The molecule has 92 valence electrons. The monoisotopic (exact) mass is 240 g/mol. The second kappa shape index (κ2) is 7.26. The van der Waals surface area contributed by atoms with Crippen molar-refractivity contribution in [1.82, 2.24) is 0 Å². The molecule has 0 aromatic heterocycles. The summed E-state index contributed by atoms with van der Waals surface area (Å²) in [5.41, 5.74) is 1.55. The fourth-order valence-corrected chi connectivity index (χ4v) is 3.77. The van der Waals surface area contributed by atoms with Gasteiger partial charge in [0.1, 0.15) is 0 Å². The van der Waals surface area contributed by atoms with E-state index in [2.05, 4.69) is 18.0 Å². The Balaban J connectivity index is 1.56. The van der Waals surface area contributed by atoms with Crippen LogP contribution >= 0.6 is 11.8 Å². The Morgan fingerprint density at radius 3 is 2.62 bits per heavy atom. The first-order chi connectivity index (χ1) is 7.95. The summed E-state index contributed by atoms with van der Waals surface area (Å²) in [4.78, 5) is 0. The molecule has 1 saturated heterocycles. The van der Waals surface area contributed by atoms with Gasteiger partial charge in [-0.05, 0) is 67.9 Å². The summed E-state index contributed by atoms with van der Waals surface area (Å²) in [7, 11) is 0. The van der Waals surface area contributed by atoms with Gasteiger partial charge in [0.2, 0.25) is 0 Å². The van der Waals surface area contributed by atoms with E-state index in [1.165, 1.54) is 62.9 Å². The minimum atomic E-state index is 0.936. The third-order valence-corrected chi connectivity index (χ3v) is 4.78. The van der Waals surface area contributed by atoms with Gasteiger partial charge < -0.3 is 4.74 Å². The fraction of sp³-hybridized carbons (Fsp3) is 0.857. The van der Waals surface area contributed by atoms with Gasteiger partial charge in [0.15, 0.2) is 0 Å². The van der Waals surface area contributed by atoms with E-state index in [0.717, 1.165) is 12.5 Å². The minimum Gasteiger partial charge on any atom is -0.501 e. The summed E-state index contributed by atoms with van der Waals surface area (Å²) < 4.78 is 5.71. The van der Waals surface area contributed by atoms with Crippen molar-refractivity contribution >= 4 is 11.8 Å². The zero-order valence-corrected chi connectivity index (χ0v) is 11.1. The molecule has 2 aliphatic rings. The lowest BCUT2D eigenvalue weighted by Crippen LogP contribution is -2.11. The molecule has 2 fully saturated rings. The van der Waals surface area contributed by atoms with Crippen molar-refractivity contribution in [2.45, 2.75) is 51.4 Å². The van der Waals surface area contributed by atoms with E-state index < -0.39 is 0 Å². The summed E-state index contributed by atoms with van der Waals surface area (Å²) in [6.45, 7) is 0.943. The molecular formula is C14H24OS. The van der Waals surface area contributed by atoms with Crippen molar-refractivity contribution in [3.63, 3.8) is 0 Å². The number of ether oxygens (including phenoxy) is 1. The number of hydrogen-bond donors (Lipinski definition) is 0. The third kappa shape index (κ3) is 4.40. The first-order valence-electron chi connectivity index (χ1n) is 6.82. The summed E-state index contributed by atoms with van der Waals surface area (Å²) >= 11 is 2.11. The maximum atomic E-state index is 5.71. The maximum absolute atomic E-state index is 5.71. The lowest BCUT2D eigenvalue weighted by atomic mass is 9.96. The first-order valence-corrected chi connectivity index (χ1v) is 7.98. The van der Waals surface area contributed by atoms with Crippen LogP contribution in [0.3, 0.4) is 0 Å². The molecular weight excluding hydrogens is 216 g/mol. The van der Waals surface area contributed by atoms with Gasteiger partial charge in [-0.2, -0.15) is 11.8 Å². The molecule has 0 unspecified atom stereocenters. The first kappa shape index (κ1) is 12.3. The van der Waals surface area contributed by atoms with E-state index in [9.17, 15) is 0 Å². The van der Waals surface area contributed by atoms with E-state index in [-0.39, 0.29) is 0 Å². The molecule has 1 heterocycles. The number of allylic oxidation sites excluding steroid dienone is 1. The van der Waals surface area contributed by atoms with Crippen molar-refractivity contribution in [2.24, 2.45) is 5.92 Å². The molecule has 1 aliphatic carbocycles. The van der Waals surface area contributed by atoms with E-state index in [4.69, 9.17) is 4.74 Å². The van der Waals surface area contributed by atoms with Crippen LogP contribution in [0.5, 0.6) is 0 Å². The standard InChI is InChI=1S/C14H24OS/c1-2-4-14(5-3-1)12-15-9-6-13-7-10-16-11-8-13/h12-13H,1-11H2. The molecule has 0 bridgehead atoms. The summed E-state index contributed by atoms with van der Waals surface area (Å²) in [5.74, 6) is 3.67. The van der Waals surface area contributed by atoms with Crippen molar-refractivity contribution in [3.8, 4) is 0 Å². The third-order valence-electron chi connectivity index (χ3n) is 3.73. The Morgan fingerprint density at radius 1 is 1.12 bits per heavy atom. The number of thioether (sulfide) groups is 1. The minimum absolute atomic E-state index is 0.936. The van der Waals surface area contributed by atoms with Crippen LogP contribution in [0.25, 0.3) is 0 Å². The highest BCUT2D eigenvalue weighted by molar-refractivity contribution is 7.99. The maximum Gasteiger partial charge on any atom is 0.0875 e. The van der Waals surface area contributed by atoms with Gasteiger partial charge in [0, 0.05) is 0 Å². The van der Waals surface area contributed by atoms with Gasteiger partial charge in [-0.1, -0.05) is 6.42 Å². The van der Waals surface area contributed by atoms with E-state index in [1.54, 1.807) is 5.57 Å². The Kier molecular flexibility index (Phi) is 5.60. The average molecular weight is 240 g/mol. The highest BCUT2D eigenvalue weighted by Crippen LogP contribution is 2.26. The topological polar surface area (TPSA) is 9.23 Å². The largest absolute Gasteiger partial charge is 0.501 e. The van der Waals surface area contributed by atoms with Gasteiger partial charge in [-0.25, -0.2) is 0 Å². The van der Waals surface area contributed by atoms with Crippen LogP contribution < -0.4 is 0 Å².